The molecule has 0 unspecified atom stereocenters. The first-order valence-corrected chi connectivity index (χ1v) is 42.7. The van der Waals surface area contributed by atoms with Crippen molar-refractivity contribution in [2.75, 3.05) is 33.7 Å². The monoisotopic (exact) mass is 1850 g/mol. The van der Waals surface area contributed by atoms with Gasteiger partial charge in [0.2, 0.25) is 0 Å². The highest BCUT2D eigenvalue weighted by atomic mass is 79.9. The van der Waals surface area contributed by atoms with Crippen LogP contribution in [-0.2, 0) is 43.3 Å². The van der Waals surface area contributed by atoms with Crippen molar-refractivity contribution in [3.63, 3.8) is 0 Å². The van der Waals surface area contributed by atoms with Crippen LogP contribution in [-0.4, -0.2) is 90.4 Å². The Morgan fingerprint density at radius 2 is 0.871 bits per heavy atom. The van der Waals surface area contributed by atoms with Gasteiger partial charge in [-0.15, -0.1) is 22.7 Å². The number of nitrogens with one attached hydrogen (secondary N) is 5. The molecule has 18 rings (SSSR count). The standard InChI is InChI=1S/C23H19BrFN3O.C21H16ClN3O3S.C19H14ClN3OS.C17H16BrN3O.C15H13N3O/c1-14-9-15(2)26-22(10-14)27-23(29)20-13-28(12-16-3-6-18(25)7-4-16)21-8-5-17(24)11-19(20)21;1-28-19(26)11-25-10-15(13-6-3-5-9-18(13)25)20(27)24-21-23-17(12-29-21)14-7-2-4-8-16(14)22;20-14-7-5-13(6-8-14)11-23-12-16(15-3-1-2-4-17(15)23)18(24)22-19-21-9-10-25-19;1-10-6-11(2)19-16(7-10)20-17(22)14-9-21(3)15-5-4-12(18)8-13(14)15;1-18-10-12(11-6-2-3-7-13(11)18)15(19)17-14-8-4-5-9-16-14/h3-11,13H,12H2,1-2H3,(H,26,27,29);2-10,12H,11H2,1H3,(H,23,24,27);1-10,12H,11H2,(H,21,22,24);4-9H,1-3H3,(H,19,20,22);2-10H,1H3,(H,16,17,19). The molecule has 0 atom stereocenters. The Labute approximate surface area is 746 Å². The largest absolute Gasteiger partial charge is 0.468 e. The van der Waals surface area contributed by atoms with E-state index in [4.69, 9.17) is 27.9 Å². The van der Waals surface area contributed by atoms with Gasteiger partial charge in [0.1, 0.15) is 29.8 Å². The van der Waals surface area contributed by atoms with Crippen LogP contribution in [0.2, 0.25) is 10.0 Å². The highest BCUT2D eigenvalue weighted by Crippen LogP contribution is 2.34. The second-order valence-electron chi connectivity index (χ2n) is 28.7. The number of benzene rings is 8. The number of pyridine rings is 3. The number of aromatic nitrogens is 10. The number of halogens is 5. The number of methoxy groups -OCH3 is 1. The molecule has 22 nitrogen and oxygen atoms in total. The average molecular weight is 1860 g/mol. The molecule has 124 heavy (non-hydrogen) atoms. The minimum absolute atomic E-state index is 0.0260. The van der Waals surface area contributed by atoms with Crippen LogP contribution in [0.3, 0.4) is 0 Å². The topological polar surface area (TPSA) is 261 Å². The van der Waals surface area contributed by atoms with E-state index in [1.807, 2.05) is 279 Å². The van der Waals surface area contributed by atoms with Crippen molar-refractivity contribution in [3.05, 3.63) is 365 Å². The van der Waals surface area contributed by atoms with E-state index >= 15 is 0 Å². The lowest BCUT2D eigenvalue weighted by Crippen LogP contribution is -2.13. The molecule has 10 heterocycles. The fraction of sp³-hybridized carbons (Fsp3) is 0.105. The molecule has 0 aliphatic carbocycles. The molecule has 0 aliphatic heterocycles. The summed E-state index contributed by atoms with van der Waals surface area (Å²) in [5, 5.41) is 24.7. The maximum atomic E-state index is 13.2. The summed E-state index contributed by atoms with van der Waals surface area (Å²) >= 11 is 21.9. The van der Waals surface area contributed by atoms with Gasteiger partial charge in [0.05, 0.1) is 40.6 Å². The maximum absolute atomic E-state index is 13.2. The molecule has 10 aromatic heterocycles. The lowest BCUT2D eigenvalue weighted by Gasteiger charge is -2.06. The second-order valence-corrected chi connectivity index (χ2v) is 33.1. The molecule has 5 N–H and O–H groups in total. The molecule has 8 aromatic carbocycles. The minimum atomic E-state index is -0.387. The zero-order valence-electron chi connectivity index (χ0n) is 67.7. The van der Waals surface area contributed by atoms with E-state index in [1.165, 1.54) is 41.9 Å². The smallest absolute Gasteiger partial charge is 0.325 e. The first-order chi connectivity index (χ1) is 59.8. The van der Waals surface area contributed by atoms with Gasteiger partial charge < -0.3 is 43.5 Å². The number of ether oxygens (including phenoxy) is 1. The Kier molecular flexibility index (Phi) is 27.7. The number of carbonyl (C=O) groups excluding carboxylic acids is 6. The van der Waals surface area contributed by atoms with E-state index in [0.717, 1.165) is 103 Å². The number of anilines is 5. The van der Waals surface area contributed by atoms with Gasteiger partial charge in [-0.3, -0.25) is 39.4 Å². The van der Waals surface area contributed by atoms with E-state index in [2.05, 4.69) is 87.9 Å². The Morgan fingerprint density at radius 3 is 1.41 bits per heavy atom. The molecule has 0 saturated carbocycles. The van der Waals surface area contributed by atoms with E-state index in [-0.39, 0.29) is 47.9 Å². The van der Waals surface area contributed by atoms with E-state index < -0.39 is 0 Å². The van der Waals surface area contributed by atoms with E-state index in [0.29, 0.717) is 84.4 Å². The molecule has 0 aliphatic rings. The number of para-hydroxylation sites is 3. The van der Waals surface area contributed by atoms with Gasteiger partial charge in [0.15, 0.2) is 10.3 Å². The maximum Gasteiger partial charge on any atom is 0.325 e. The van der Waals surface area contributed by atoms with Gasteiger partial charge in [0.25, 0.3) is 29.5 Å². The van der Waals surface area contributed by atoms with Crippen LogP contribution < -0.4 is 26.6 Å². The third-order valence-electron chi connectivity index (χ3n) is 19.7. The molecule has 5 amide bonds. The summed E-state index contributed by atoms with van der Waals surface area (Å²) in [4.78, 5) is 96.6. The number of amides is 5. The number of rotatable bonds is 17. The predicted octanol–water partition coefficient (Wildman–Crippen LogP) is 22.8. The van der Waals surface area contributed by atoms with E-state index in [1.54, 1.807) is 47.4 Å². The predicted molar refractivity (Wildman–Crippen MR) is 501 cm³/mol. The fourth-order valence-electron chi connectivity index (χ4n) is 14.1. The number of fused-ring (bicyclic) bond motifs is 5. The number of nitrogens with zero attached hydrogens (tertiary/aromatic N) is 10. The number of hydrogen-bond acceptors (Lipinski definition) is 14. The molecule has 0 fully saturated rings. The lowest BCUT2D eigenvalue weighted by atomic mass is 10.1. The van der Waals surface area contributed by atoms with Gasteiger partial charge in [-0.05, 0) is 171 Å². The minimum Gasteiger partial charge on any atom is -0.468 e. The van der Waals surface area contributed by atoms with Gasteiger partial charge in [-0.2, -0.15) is 0 Å². The van der Waals surface area contributed by atoms with Crippen LogP contribution in [0.1, 0.15) is 85.4 Å². The third kappa shape index (κ3) is 21.3. The second kappa shape index (κ2) is 39.5. The van der Waals surface area contributed by atoms with Crippen molar-refractivity contribution < 1.29 is 37.9 Å². The third-order valence-corrected chi connectivity index (χ3v) is 22.7. The molecule has 18 aromatic rings. The Hall–Kier alpha value is -13.5. The molecule has 29 heteroatoms. The van der Waals surface area contributed by atoms with Crippen molar-refractivity contribution in [3.8, 4) is 11.3 Å². The highest BCUT2D eigenvalue weighted by molar-refractivity contribution is 9.10. The first kappa shape index (κ1) is 86.8. The molecule has 0 radical (unpaired) electrons. The van der Waals surface area contributed by atoms with Crippen molar-refractivity contribution in [1.29, 1.82) is 0 Å². The molecule has 0 bridgehead atoms. The van der Waals surface area contributed by atoms with Gasteiger partial charge >= 0.3 is 5.97 Å². The van der Waals surface area contributed by atoms with Crippen LogP contribution in [0, 0.1) is 33.5 Å². The quantitative estimate of drug-likeness (QED) is 0.0533. The van der Waals surface area contributed by atoms with Crippen LogP contribution in [0.15, 0.2) is 288 Å². The van der Waals surface area contributed by atoms with Crippen LogP contribution in [0.4, 0.5) is 32.1 Å². The van der Waals surface area contributed by atoms with Crippen molar-refractivity contribution >= 4 is 195 Å². The number of esters is 1. The van der Waals surface area contributed by atoms with Crippen molar-refractivity contribution in [2.24, 2.45) is 14.1 Å². The van der Waals surface area contributed by atoms with Gasteiger partial charge in [0, 0.05) is 172 Å². The highest BCUT2D eigenvalue weighted by Gasteiger charge is 2.23. The van der Waals surface area contributed by atoms with Crippen molar-refractivity contribution in [2.45, 2.75) is 47.3 Å². The van der Waals surface area contributed by atoms with Gasteiger partial charge in [-0.1, -0.05) is 158 Å². The SMILES string of the molecule is COC(=O)Cn1cc(C(=O)Nc2nc(-c3ccccc3Cl)cs2)c2ccccc21.Cc1cc(C)nc(NC(=O)c2cn(C)c3ccc(Br)cc23)c1.Cc1cc(C)nc(NC(=O)c2cn(Cc3ccc(F)cc3)c3ccc(Br)cc23)c1.Cn1cc(C(=O)Nc2ccccn2)c2ccccc21.O=C(Nc1nccs1)c1cn(Cc2ccc(Cl)cc2)c2ccccc12. The summed E-state index contributed by atoms with van der Waals surface area (Å²) in [7, 11) is 5.20. The van der Waals surface area contributed by atoms with Crippen LogP contribution in [0.25, 0.3) is 65.8 Å². The molecule has 622 valence electrons. The number of carbonyl (C=O) groups is 6. The summed E-state index contributed by atoms with van der Waals surface area (Å²) < 4.78 is 29.5. The first-order valence-electron chi connectivity index (χ1n) is 38.6. The summed E-state index contributed by atoms with van der Waals surface area (Å²) in [6.07, 6.45) is 12.4. The normalized spacial score (nSPS) is 10.9. The fourth-order valence-corrected chi connectivity index (χ4v) is 16.4. The number of thiazole rings is 2. The Bertz CT molecular complexity index is 6950. The summed E-state index contributed by atoms with van der Waals surface area (Å²) in [6, 6.07) is 69.5. The number of aryl methyl sites for hydroxylation is 6. The molecular formula is C95H78Br2Cl2FN15O7S2. The molecular weight excluding hydrogens is 1780 g/mol. The number of hydrogen-bond donors (Lipinski definition) is 5. The Morgan fingerprint density at radius 1 is 0.427 bits per heavy atom. The molecule has 0 saturated heterocycles. The zero-order chi connectivity index (χ0) is 87.2. The van der Waals surface area contributed by atoms with Gasteiger partial charge in [-0.25, -0.2) is 29.3 Å². The summed E-state index contributed by atoms with van der Waals surface area (Å²) in [5.74, 6) is 0.0426. The Balaban J connectivity index is 0.000000127. The average Bonchev–Trinajstić information content (AvgIpc) is 1.63. The summed E-state index contributed by atoms with van der Waals surface area (Å²) in [6.45, 7) is 9.00. The van der Waals surface area contributed by atoms with Crippen molar-refractivity contribution in [1.82, 2.24) is 47.8 Å². The van der Waals surface area contributed by atoms with Crippen LogP contribution in [0.5, 0.6) is 0 Å². The summed E-state index contributed by atoms with van der Waals surface area (Å²) in [5.41, 5.74) is 15.1. The lowest BCUT2D eigenvalue weighted by molar-refractivity contribution is -0.141. The molecule has 0 spiro atoms. The van der Waals surface area contributed by atoms with Crippen LogP contribution >= 0.6 is 77.7 Å². The zero-order valence-corrected chi connectivity index (χ0v) is 74.0. The van der Waals surface area contributed by atoms with E-state index in [9.17, 15) is 33.2 Å².